The van der Waals surface area contributed by atoms with E-state index in [1.54, 1.807) is 0 Å². The van der Waals surface area contributed by atoms with Crippen molar-refractivity contribution >= 4 is 15.9 Å². The van der Waals surface area contributed by atoms with E-state index in [2.05, 4.69) is 42.0 Å². The molecule has 0 aliphatic carbocycles. The summed E-state index contributed by atoms with van der Waals surface area (Å²) < 4.78 is 6.80. The molecule has 1 N–H and O–H groups in total. The molecule has 96 valence electrons. The molecule has 0 saturated carbocycles. The highest BCUT2D eigenvalue weighted by Gasteiger charge is 2.11. The van der Waals surface area contributed by atoms with Crippen molar-refractivity contribution in [3.05, 3.63) is 28.7 Å². The smallest absolute Gasteiger partial charge is 0.120 e. The van der Waals surface area contributed by atoms with Gasteiger partial charge in [-0.15, -0.1) is 0 Å². The molecule has 0 bridgehead atoms. The third-order valence-corrected chi connectivity index (χ3v) is 3.26. The van der Waals surface area contributed by atoms with Crippen molar-refractivity contribution in [2.24, 2.45) is 5.92 Å². The molecule has 1 unspecified atom stereocenters. The summed E-state index contributed by atoms with van der Waals surface area (Å²) in [6.07, 6.45) is 1.04. The average molecular weight is 300 g/mol. The van der Waals surface area contributed by atoms with Crippen LogP contribution in [0.2, 0.25) is 0 Å². The molecule has 0 aliphatic rings. The Morgan fingerprint density at radius 1 is 1.35 bits per heavy atom. The quantitative estimate of drug-likeness (QED) is 0.826. The first-order chi connectivity index (χ1) is 8.13. The summed E-state index contributed by atoms with van der Waals surface area (Å²) in [5, 5.41) is 3.49. The SMILES string of the molecule is CCNC(CCOc1cccc(Br)c1)C(C)C. The molecular formula is C14H22BrNO. The monoisotopic (exact) mass is 299 g/mol. The molecule has 1 atom stereocenters. The highest BCUT2D eigenvalue weighted by atomic mass is 79.9. The van der Waals surface area contributed by atoms with E-state index in [1.807, 2.05) is 24.3 Å². The Bertz CT molecular complexity index is 328. The van der Waals surface area contributed by atoms with Crippen molar-refractivity contribution in [1.29, 1.82) is 0 Å². The number of halogens is 1. The van der Waals surface area contributed by atoms with Gasteiger partial charge in [-0.2, -0.15) is 0 Å². The van der Waals surface area contributed by atoms with Crippen LogP contribution < -0.4 is 10.1 Å². The Morgan fingerprint density at radius 2 is 2.12 bits per heavy atom. The normalized spacial score (nSPS) is 12.8. The summed E-state index contributed by atoms with van der Waals surface area (Å²) in [7, 11) is 0. The molecule has 1 rings (SSSR count). The fraction of sp³-hybridized carbons (Fsp3) is 0.571. The lowest BCUT2D eigenvalue weighted by molar-refractivity contribution is 0.264. The first-order valence-corrected chi connectivity index (χ1v) is 7.04. The van der Waals surface area contributed by atoms with E-state index in [1.165, 1.54) is 0 Å². The Morgan fingerprint density at radius 3 is 2.71 bits per heavy atom. The van der Waals surface area contributed by atoms with Crippen molar-refractivity contribution in [3.8, 4) is 5.75 Å². The van der Waals surface area contributed by atoms with Crippen molar-refractivity contribution in [3.63, 3.8) is 0 Å². The average Bonchev–Trinajstić information content (AvgIpc) is 2.28. The zero-order valence-corrected chi connectivity index (χ0v) is 12.5. The molecular weight excluding hydrogens is 278 g/mol. The lowest BCUT2D eigenvalue weighted by atomic mass is 10.0. The van der Waals surface area contributed by atoms with Crippen LogP contribution in [-0.2, 0) is 0 Å². The van der Waals surface area contributed by atoms with Gasteiger partial charge in [0.05, 0.1) is 6.61 Å². The third kappa shape index (κ3) is 5.55. The topological polar surface area (TPSA) is 21.3 Å². The number of hydrogen-bond acceptors (Lipinski definition) is 2. The van der Waals surface area contributed by atoms with Crippen LogP contribution in [0.15, 0.2) is 28.7 Å². The molecule has 2 nitrogen and oxygen atoms in total. The van der Waals surface area contributed by atoms with Gasteiger partial charge in [0.15, 0.2) is 0 Å². The Labute approximate surface area is 113 Å². The van der Waals surface area contributed by atoms with Crippen LogP contribution in [0.1, 0.15) is 27.2 Å². The Kier molecular flexibility index (Phi) is 6.60. The molecule has 0 amide bonds. The van der Waals surface area contributed by atoms with Crippen LogP contribution in [0.5, 0.6) is 5.75 Å². The van der Waals surface area contributed by atoms with Gasteiger partial charge < -0.3 is 10.1 Å². The maximum absolute atomic E-state index is 5.74. The number of ether oxygens (including phenoxy) is 1. The van der Waals surface area contributed by atoms with E-state index in [0.717, 1.165) is 29.8 Å². The van der Waals surface area contributed by atoms with Crippen LogP contribution >= 0.6 is 15.9 Å². The van der Waals surface area contributed by atoms with Crippen molar-refractivity contribution < 1.29 is 4.74 Å². The van der Waals surface area contributed by atoms with Gasteiger partial charge in [-0.3, -0.25) is 0 Å². The maximum Gasteiger partial charge on any atom is 0.120 e. The van der Waals surface area contributed by atoms with Crippen molar-refractivity contribution in [1.82, 2.24) is 5.32 Å². The highest BCUT2D eigenvalue weighted by Crippen LogP contribution is 2.18. The summed E-state index contributed by atoms with van der Waals surface area (Å²) in [5.41, 5.74) is 0. The van der Waals surface area contributed by atoms with Crippen LogP contribution in [0, 0.1) is 5.92 Å². The van der Waals surface area contributed by atoms with Gasteiger partial charge in [-0.05, 0) is 37.1 Å². The maximum atomic E-state index is 5.74. The van der Waals surface area contributed by atoms with Crippen LogP contribution in [0.3, 0.4) is 0 Å². The molecule has 1 aromatic rings. The predicted octanol–water partition coefficient (Wildman–Crippen LogP) is 3.85. The molecule has 1 aromatic carbocycles. The van der Waals surface area contributed by atoms with E-state index in [9.17, 15) is 0 Å². The summed E-state index contributed by atoms with van der Waals surface area (Å²) >= 11 is 3.44. The van der Waals surface area contributed by atoms with E-state index in [-0.39, 0.29) is 0 Å². The second-order valence-corrected chi connectivity index (χ2v) is 5.42. The predicted molar refractivity (Wildman–Crippen MR) is 76.6 cm³/mol. The fourth-order valence-corrected chi connectivity index (χ4v) is 2.17. The van der Waals surface area contributed by atoms with E-state index < -0.39 is 0 Å². The number of rotatable bonds is 7. The summed E-state index contributed by atoms with van der Waals surface area (Å²) in [4.78, 5) is 0. The second kappa shape index (κ2) is 7.72. The number of benzene rings is 1. The molecule has 0 aromatic heterocycles. The Hall–Kier alpha value is -0.540. The molecule has 0 fully saturated rings. The van der Waals surface area contributed by atoms with Gasteiger partial charge in [0, 0.05) is 10.5 Å². The first kappa shape index (κ1) is 14.5. The molecule has 0 radical (unpaired) electrons. The largest absolute Gasteiger partial charge is 0.493 e. The zero-order valence-electron chi connectivity index (χ0n) is 10.9. The van der Waals surface area contributed by atoms with Crippen LogP contribution in [0.25, 0.3) is 0 Å². The Balaban J connectivity index is 2.35. The van der Waals surface area contributed by atoms with Crippen molar-refractivity contribution in [2.45, 2.75) is 33.2 Å². The number of nitrogens with one attached hydrogen (secondary N) is 1. The minimum Gasteiger partial charge on any atom is -0.493 e. The molecule has 0 heterocycles. The van der Waals surface area contributed by atoms with E-state index in [4.69, 9.17) is 4.74 Å². The summed E-state index contributed by atoms with van der Waals surface area (Å²) in [5.74, 6) is 1.57. The molecule has 0 saturated heterocycles. The molecule has 0 aliphatic heterocycles. The number of hydrogen-bond donors (Lipinski definition) is 1. The van der Waals surface area contributed by atoms with E-state index in [0.29, 0.717) is 12.0 Å². The van der Waals surface area contributed by atoms with Gasteiger partial charge in [0.2, 0.25) is 0 Å². The minimum absolute atomic E-state index is 0.534. The van der Waals surface area contributed by atoms with Gasteiger partial charge >= 0.3 is 0 Å². The first-order valence-electron chi connectivity index (χ1n) is 6.25. The van der Waals surface area contributed by atoms with Gasteiger partial charge in [0.25, 0.3) is 0 Å². The lowest BCUT2D eigenvalue weighted by Gasteiger charge is -2.21. The van der Waals surface area contributed by atoms with Crippen LogP contribution in [0.4, 0.5) is 0 Å². The van der Waals surface area contributed by atoms with Crippen molar-refractivity contribution in [2.75, 3.05) is 13.2 Å². The fourth-order valence-electron chi connectivity index (χ4n) is 1.79. The highest BCUT2D eigenvalue weighted by molar-refractivity contribution is 9.10. The summed E-state index contributed by atoms with van der Waals surface area (Å²) in [6, 6.07) is 8.51. The molecule has 3 heteroatoms. The van der Waals surface area contributed by atoms with E-state index >= 15 is 0 Å². The van der Waals surface area contributed by atoms with Gasteiger partial charge in [-0.25, -0.2) is 0 Å². The summed E-state index contributed by atoms with van der Waals surface area (Å²) in [6.45, 7) is 8.40. The third-order valence-electron chi connectivity index (χ3n) is 2.76. The zero-order chi connectivity index (χ0) is 12.7. The minimum atomic E-state index is 0.534. The standard InChI is InChI=1S/C14H22BrNO/c1-4-16-14(11(2)3)8-9-17-13-7-5-6-12(15)10-13/h5-7,10-11,14,16H,4,8-9H2,1-3H3. The second-order valence-electron chi connectivity index (χ2n) is 4.50. The lowest BCUT2D eigenvalue weighted by Crippen LogP contribution is -2.35. The molecule has 17 heavy (non-hydrogen) atoms. The van der Waals surface area contributed by atoms with Gasteiger partial charge in [-0.1, -0.05) is 42.8 Å². The molecule has 0 spiro atoms. The van der Waals surface area contributed by atoms with Gasteiger partial charge in [0.1, 0.15) is 5.75 Å². The van der Waals surface area contributed by atoms with Crippen LogP contribution in [-0.4, -0.2) is 19.2 Å².